The molecule has 2 aromatic rings. The molecule has 3 rings (SSSR count). The first kappa shape index (κ1) is 16.5. The fourth-order valence-electron chi connectivity index (χ4n) is 3.03. The van der Waals surface area contributed by atoms with Gasteiger partial charge >= 0.3 is 0 Å². The molecule has 4 nitrogen and oxygen atoms in total. The molecule has 1 saturated heterocycles. The average molecular weight is 342 g/mol. The maximum Gasteiger partial charge on any atom is 0.255 e. The predicted molar refractivity (Wildman–Crippen MR) is 94.4 cm³/mol. The number of piperidine rings is 1. The van der Waals surface area contributed by atoms with Gasteiger partial charge in [0.1, 0.15) is 6.04 Å². The third kappa shape index (κ3) is 3.29. The number of primary amides is 1. The summed E-state index contributed by atoms with van der Waals surface area (Å²) in [6, 6.07) is 14.1. The largest absolute Gasteiger partial charge is 0.368 e. The first-order valence-corrected chi connectivity index (χ1v) is 8.24. The van der Waals surface area contributed by atoms with Gasteiger partial charge in [0.05, 0.1) is 0 Å². The lowest BCUT2D eigenvalue weighted by atomic mass is 9.96. The number of nitrogens with zero attached hydrogens (tertiary/aromatic N) is 1. The number of likely N-dealkylation sites (tertiary alicyclic amines) is 1. The van der Waals surface area contributed by atoms with E-state index in [-0.39, 0.29) is 5.91 Å². The molecule has 0 saturated carbocycles. The lowest BCUT2D eigenvalue weighted by Crippen LogP contribution is -2.50. The number of carbonyl (C=O) groups is 2. The molecule has 0 bridgehead atoms. The van der Waals surface area contributed by atoms with Gasteiger partial charge in [-0.25, -0.2) is 0 Å². The first-order valence-electron chi connectivity index (χ1n) is 7.86. The van der Waals surface area contributed by atoms with Crippen molar-refractivity contribution in [3.63, 3.8) is 0 Å². The molecule has 1 atom stereocenters. The Morgan fingerprint density at radius 2 is 1.92 bits per heavy atom. The standard InChI is InChI=1S/C19H18ClN2O2/c20-14-7-5-6-13(12-14)15-8-1-2-9-16(15)19(24)22-11-4-3-10-17(22)18(21)23/h1-2,5-10,12,17H,3-4,11H2,(H2,21,23)/t17-/m1/s1. The minimum atomic E-state index is -0.654. The third-order valence-corrected chi connectivity index (χ3v) is 4.41. The molecule has 2 N–H and O–H groups in total. The summed E-state index contributed by atoms with van der Waals surface area (Å²) in [7, 11) is 0. The normalized spacial score (nSPS) is 17.5. The van der Waals surface area contributed by atoms with Crippen LogP contribution in [0.1, 0.15) is 23.2 Å². The molecule has 1 aliphatic rings. The monoisotopic (exact) mass is 341 g/mol. The van der Waals surface area contributed by atoms with Gasteiger partial charge in [-0.05, 0) is 48.6 Å². The van der Waals surface area contributed by atoms with Crippen molar-refractivity contribution in [2.75, 3.05) is 6.54 Å². The minimum Gasteiger partial charge on any atom is -0.368 e. The Kier molecular flexibility index (Phi) is 4.86. The first-order chi connectivity index (χ1) is 11.6. The molecule has 1 heterocycles. The van der Waals surface area contributed by atoms with Gasteiger partial charge in [-0.3, -0.25) is 9.59 Å². The Balaban J connectivity index is 2.00. The molecule has 0 aliphatic carbocycles. The summed E-state index contributed by atoms with van der Waals surface area (Å²) in [6.45, 7) is 0.521. The molecule has 0 unspecified atom stereocenters. The lowest BCUT2D eigenvalue weighted by molar-refractivity contribution is -0.121. The van der Waals surface area contributed by atoms with Gasteiger partial charge in [0.25, 0.3) is 5.91 Å². The molecular weight excluding hydrogens is 324 g/mol. The number of hydrogen-bond donors (Lipinski definition) is 1. The zero-order chi connectivity index (χ0) is 17.1. The van der Waals surface area contributed by atoms with Crippen LogP contribution in [0.25, 0.3) is 11.1 Å². The van der Waals surface area contributed by atoms with Crippen molar-refractivity contribution >= 4 is 23.4 Å². The highest BCUT2D eigenvalue weighted by Crippen LogP contribution is 2.28. The SMILES string of the molecule is NC(=O)[C@H]1[CH]CCCN1C(=O)c1ccccc1-c1cccc(Cl)c1. The van der Waals surface area contributed by atoms with Gasteiger partial charge in [-0.2, -0.15) is 0 Å². The maximum absolute atomic E-state index is 13.1. The fourth-order valence-corrected chi connectivity index (χ4v) is 3.22. The number of hydrogen-bond acceptors (Lipinski definition) is 2. The molecule has 2 aromatic carbocycles. The topological polar surface area (TPSA) is 63.4 Å². The Bertz CT molecular complexity index is 775. The van der Waals surface area contributed by atoms with E-state index in [0.717, 1.165) is 24.0 Å². The van der Waals surface area contributed by atoms with Gasteiger partial charge in [0.2, 0.25) is 5.91 Å². The van der Waals surface area contributed by atoms with E-state index in [4.69, 9.17) is 17.3 Å². The summed E-state index contributed by atoms with van der Waals surface area (Å²) in [4.78, 5) is 26.3. The van der Waals surface area contributed by atoms with E-state index in [0.29, 0.717) is 17.1 Å². The van der Waals surface area contributed by atoms with E-state index in [1.54, 1.807) is 17.0 Å². The predicted octanol–water partition coefficient (Wildman–Crippen LogP) is 3.30. The van der Waals surface area contributed by atoms with Crippen LogP contribution in [0.2, 0.25) is 5.02 Å². The number of nitrogens with two attached hydrogens (primary N) is 1. The van der Waals surface area contributed by atoms with Crippen LogP contribution in [-0.4, -0.2) is 29.3 Å². The molecule has 1 radical (unpaired) electrons. The highest BCUT2D eigenvalue weighted by molar-refractivity contribution is 6.30. The van der Waals surface area contributed by atoms with Crippen LogP contribution in [0.15, 0.2) is 48.5 Å². The summed E-state index contributed by atoms with van der Waals surface area (Å²) in [5.74, 6) is -0.686. The zero-order valence-electron chi connectivity index (χ0n) is 13.1. The molecule has 123 valence electrons. The number of carbonyl (C=O) groups excluding carboxylic acids is 2. The van der Waals surface area contributed by atoms with Crippen molar-refractivity contribution < 1.29 is 9.59 Å². The van der Waals surface area contributed by atoms with Gasteiger partial charge in [0.15, 0.2) is 0 Å². The van der Waals surface area contributed by atoms with E-state index in [1.165, 1.54) is 0 Å². The van der Waals surface area contributed by atoms with Crippen molar-refractivity contribution in [2.45, 2.75) is 18.9 Å². The van der Waals surface area contributed by atoms with Crippen LogP contribution in [0, 0.1) is 6.42 Å². The van der Waals surface area contributed by atoms with Crippen molar-refractivity contribution in [3.8, 4) is 11.1 Å². The molecule has 5 heteroatoms. The second-order valence-electron chi connectivity index (χ2n) is 5.78. The van der Waals surface area contributed by atoms with Gasteiger partial charge in [-0.15, -0.1) is 0 Å². The van der Waals surface area contributed by atoms with Gasteiger partial charge in [-0.1, -0.05) is 41.9 Å². The van der Waals surface area contributed by atoms with E-state index < -0.39 is 11.9 Å². The minimum absolute atomic E-state index is 0.190. The second kappa shape index (κ2) is 7.05. The van der Waals surface area contributed by atoms with Crippen LogP contribution in [0.4, 0.5) is 0 Å². The molecule has 2 amide bonds. The Hall–Kier alpha value is -2.33. The van der Waals surface area contributed by atoms with Crippen LogP contribution >= 0.6 is 11.6 Å². The number of benzene rings is 2. The Morgan fingerprint density at radius 1 is 1.12 bits per heavy atom. The van der Waals surface area contributed by atoms with Crippen molar-refractivity contribution in [2.24, 2.45) is 5.73 Å². The van der Waals surface area contributed by atoms with E-state index in [2.05, 4.69) is 0 Å². The summed E-state index contributed by atoms with van der Waals surface area (Å²) in [6.07, 6.45) is 3.42. The highest BCUT2D eigenvalue weighted by Gasteiger charge is 2.32. The quantitative estimate of drug-likeness (QED) is 0.931. The molecule has 0 aromatic heterocycles. The molecular formula is C19H18ClN2O2. The van der Waals surface area contributed by atoms with Gasteiger partial charge < -0.3 is 10.6 Å². The third-order valence-electron chi connectivity index (χ3n) is 4.17. The molecule has 24 heavy (non-hydrogen) atoms. The van der Waals surface area contributed by atoms with E-state index in [1.807, 2.05) is 42.8 Å². The summed E-state index contributed by atoms with van der Waals surface area (Å²) in [5.41, 5.74) is 7.66. The van der Waals surface area contributed by atoms with E-state index in [9.17, 15) is 9.59 Å². The van der Waals surface area contributed by atoms with Crippen molar-refractivity contribution in [1.29, 1.82) is 0 Å². The smallest absolute Gasteiger partial charge is 0.255 e. The summed E-state index contributed by atoms with van der Waals surface area (Å²) >= 11 is 6.08. The van der Waals surface area contributed by atoms with E-state index >= 15 is 0 Å². The number of rotatable bonds is 3. The summed E-state index contributed by atoms with van der Waals surface area (Å²) in [5, 5.41) is 0.607. The molecule has 1 fully saturated rings. The zero-order valence-corrected chi connectivity index (χ0v) is 13.9. The summed E-state index contributed by atoms with van der Waals surface area (Å²) < 4.78 is 0. The van der Waals surface area contributed by atoms with Gasteiger partial charge in [0, 0.05) is 17.1 Å². The van der Waals surface area contributed by atoms with Crippen LogP contribution in [0.5, 0.6) is 0 Å². The van der Waals surface area contributed by atoms with Crippen LogP contribution < -0.4 is 5.73 Å². The fraction of sp³-hybridized carbons (Fsp3) is 0.211. The maximum atomic E-state index is 13.1. The van der Waals surface area contributed by atoms with Crippen LogP contribution in [-0.2, 0) is 4.79 Å². The Labute approximate surface area is 146 Å². The molecule has 0 spiro atoms. The molecule has 1 aliphatic heterocycles. The number of halogens is 1. The van der Waals surface area contributed by atoms with Crippen molar-refractivity contribution in [3.05, 3.63) is 65.5 Å². The number of amides is 2. The highest BCUT2D eigenvalue weighted by atomic mass is 35.5. The second-order valence-corrected chi connectivity index (χ2v) is 6.22. The lowest BCUT2D eigenvalue weighted by Gasteiger charge is -2.34. The average Bonchev–Trinajstić information content (AvgIpc) is 2.61. The van der Waals surface area contributed by atoms with Crippen LogP contribution in [0.3, 0.4) is 0 Å². The Morgan fingerprint density at radius 3 is 2.67 bits per heavy atom. The van der Waals surface area contributed by atoms with Crippen molar-refractivity contribution in [1.82, 2.24) is 4.90 Å².